The van der Waals surface area contributed by atoms with Crippen LogP contribution in [0.1, 0.15) is 21.8 Å². The number of benzene rings is 2. The zero-order valence-corrected chi connectivity index (χ0v) is 19.0. The minimum Gasteiger partial charge on any atom is -0.467 e. The van der Waals surface area contributed by atoms with Gasteiger partial charge < -0.3 is 9.32 Å². The van der Waals surface area contributed by atoms with E-state index in [4.69, 9.17) is 21.0 Å². The third-order valence-corrected chi connectivity index (χ3v) is 6.52. The summed E-state index contributed by atoms with van der Waals surface area (Å²) >= 11 is 7.54. The van der Waals surface area contributed by atoms with Crippen LogP contribution in [0.3, 0.4) is 0 Å². The van der Waals surface area contributed by atoms with Crippen LogP contribution in [0.15, 0.2) is 82.9 Å². The molecule has 5 aromatic rings. The number of thiazole rings is 1. The van der Waals surface area contributed by atoms with Gasteiger partial charge in [-0.25, -0.2) is 9.37 Å². The molecule has 0 bridgehead atoms. The molecule has 5 nitrogen and oxygen atoms in total. The van der Waals surface area contributed by atoms with Crippen LogP contribution in [-0.4, -0.2) is 26.7 Å². The first kappa shape index (κ1) is 21.4. The Morgan fingerprint density at radius 1 is 1.12 bits per heavy atom. The van der Waals surface area contributed by atoms with Crippen molar-refractivity contribution >= 4 is 33.8 Å². The summed E-state index contributed by atoms with van der Waals surface area (Å²) in [6.07, 6.45) is 4.13. The van der Waals surface area contributed by atoms with Gasteiger partial charge in [0, 0.05) is 40.8 Å². The molecular formula is C25H19ClFN3O2S. The molecule has 0 radical (unpaired) electrons. The average Bonchev–Trinajstić information content (AvgIpc) is 3.55. The summed E-state index contributed by atoms with van der Waals surface area (Å²) in [6, 6.07) is 17.2. The van der Waals surface area contributed by atoms with Crippen LogP contribution in [0, 0.1) is 5.82 Å². The summed E-state index contributed by atoms with van der Waals surface area (Å²) in [5.74, 6) is -0.265. The molecule has 0 atom stereocenters. The number of carbonyl (C=O) groups is 1. The van der Waals surface area contributed by atoms with E-state index in [1.165, 1.54) is 12.1 Å². The van der Waals surface area contributed by atoms with Gasteiger partial charge in [-0.2, -0.15) is 0 Å². The topological polar surface area (TPSA) is 50.8 Å². The van der Waals surface area contributed by atoms with Gasteiger partial charge in [0.25, 0.3) is 5.91 Å². The Hall–Kier alpha value is -3.42. The molecule has 2 aromatic carbocycles. The SMILES string of the molecule is O=C(c1ccccc1F)N(CCc1csc2nc(-c3ccc(Cl)cc3)cn12)Cc1ccco1. The Labute approximate surface area is 198 Å². The van der Waals surface area contributed by atoms with Crippen LogP contribution in [-0.2, 0) is 13.0 Å². The van der Waals surface area contributed by atoms with Crippen molar-refractivity contribution < 1.29 is 13.6 Å². The van der Waals surface area contributed by atoms with Crippen LogP contribution in [0.25, 0.3) is 16.2 Å². The molecule has 3 heterocycles. The van der Waals surface area contributed by atoms with Gasteiger partial charge in [0.05, 0.1) is 24.1 Å². The lowest BCUT2D eigenvalue weighted by atomic mass is 10.1. The number of carbonyl (C=O) groups excluding carboxylic acids is 1. The largest absolute Gasteiger partial charge is 0.467 e. The normalized spacial score (nSPS) is 11.2. The summed E-state index contributed by atoms with van der Waals surface area (Å²) < 4.78 is 21.8. The molecule has 166 valence electrons. The highest BCUT2D eigenvalue weighted by Gasteiger charge is 2.21. The number of amides is 1. The molecule has 0 aliphatic heterocycles. The molecule has 0 saturated carbocycles. The Morgan fingerprint density at radius 2 is 1.94 bits per heavy atom. The number of hydrogen-bond acceptors (Lipinski definition) is 4. The maximum absolute atomic E-state index is 14.3. The van der Waals surface area contributed by atoms with Gasteiger partial charge in [-0.3, -0.25) is 9.20 Å². The molecule has 0 aliphatic carbocycles. The van der Waals surface area contributed by atoms with Crippen molar-refractivity contribution in [3.05, 3.63) is 106 Å². The third-order valence-electron chi connectivity index (χ3n) is 5.38. The lowest BCUT2D eigenvalue weighted by molar-refractivity contribution is 0.0728. The second-order valence-corrected chi connectivity index (χ2v) is 8.82. The first-order chi connectivity index (χ1) is 16.1. The number of imidazole rings is 1. The van der Waals surface area contributed by atoms with Crippen molar-refractivity contribution in [2.75, 3.05) is 6.54 Å². The minimum absolute atomic E-state index is 0.0483. The van der Waals surface area contributed by atoms with Gasteiger partial charge in [-0.1, -0.05) is 35.9 Å². The van der Waals surface area contributed by atoms with E-state index in [2.05, 4.69) is 0 Å². The van der Waals surface area contributed by atoms with Gasteiger partial charge in [0.2, 0.25) is 0 Å². The lowest BCUT2D eigenvalue weighted by Gasteiger charge is -2.22. The average molecular weight is 480 g/mol. The zero-order chi connectivity index (χ0) is 22.8. The van der Waals surface area contributed by atoms with Crippen molar-refractivity contribution in [3.8, 4) is 11.3 Å². The molecule has 3 aromatic heterocycles. The fourth-order valence-corrected chi connectivity index (χ4v) is 4.70. The summed E-state index contributed by atoms with van der Waals surface area (Å²) in [6.45, 7) is 0.654. The summed E-state index contributed by atoms with van der Waals surface area (Å²) in [5.41, 5.74) is 2.91. The number of furan rings is 1. The molecule has 1 amide bonds. The predicted molar refractivity (Wildman–Crippen MR) is 127 cm³/mol. The Balaban J connectivity index is 1.39. The molecular weight excluding hydrogens is 461 g/mol. The molecule has 33 heavy (non-hydrogen) atoms. The van der Waals surface area contributed by atoms with E-state index in [1.54, 1.807) is 46.8 Å². The maximum atomic E-state index is 14.3. The number of halogens is 2. The van der Waals surface area contributed by atoms with Crippen molar-refractivity contribution in [1.29, 1.82) is 0 Å². The van der Waals surface area contributed by atoms with E-state index in [-0.39, 0.29) is 18.0 Å². The molecule has 0 fully saturated rings. The van der Waals surface area contributed by atoms with Crippen LogP contribution < -0.4 is 0 Å². The molecule has 8 heteroatoms. The summed E-state index contributed by atoms with van der Waals surface area (Å²) in [5, 5.41) is 2.71. The fraction of sp³-hybridized carbons (Fsp3) is 0.120. The maximum Gasteiger partial charge on any atom is 0.257 e. The van der Waals surface area contributed by atoms with Crippen molar-refractivity contribution in [2.24, 2.45) is 0 Å². The van der Waals surface area contributed by atoms with Crippen molar-refractivity contribution in [2.45, 2.75) is 13.0 Å². The monoisotopic (exact) mass is 479 g/mol. The summed E-state index contributed by atoms with van der Waals surface area (Å²) in [7, 11) is 0. The van der Waals surface area contributed by atoms with Crippen LogP contribution in [0.2, 0.25) is 5.02 Å². The highest BCUT2D eigenvalue weighted by atomic mass is 35.5. The van der Waals surface area contributed by atoms with E-state index in [1.807, 2.05) is 40.2 Å². The Kier molecular flexibility index (Phi) is 5.98. The molecule has 0 spiro atoms. The van der Waals surface area contributed by atoms with E-state index in [0.29, 0.717) is 23.7 Å². The second-order valence-electron chi connectivity index (χ2n) is 7.55. The lowest BCUT2D eigenvalue weighted by Crippen LogP contribution is -2.33. The van der Waals surface area contributed by atoms with Crippen molar-refractivity contribution in [1.82, 2.24) is 14.3 Å². The van der Waals surface area contributed by atoms with Gasteiger partial charge in [-0.05, 0) is 36.4 Å². The first-order valence-electron chi connectivity index (χ1n) is 10.4. The molecule has 5 rings (SSSR count). The Morgan fingerprint density at radius 3 is 2.70 bits per heavy atom. The van der Waals surface area contributed by atoms with Crippen LogP contribution in [0.4, 0.5) is 4.39 Å². The number of nitrogens with zero attached hydrogens (tertiary/aromatic N) is 3. The zero-order valence-electron chi connectivity index (χ0n) is 17.4. The Bertz CT molecular complexity index is 1390. The van der Waals surface area contributed by atoms with Crippen LogP contribution >= 0.6 is 22.9 Å². The third kappa shape index (κ3) is 4.55. The molecule has 0 unspecified atom stereocenters. The van der Waals surface area contributed by atoms with Gasteiger partial charge in [-0.15, -0.1) is 11.3 Å². The minimum atomic E-state index is -0.535. The molecule has 0 aliphatic rings. The quantitative estimate of drug-likeness (QED) is 0.274. The standard InChI is InChI=1S/C25H19ClFN3O2S/c26-18-9-7-17(8-10-18)23-15-30-19(16-33-25(30)28-23)11-12-29(14-20-4-3-13-32-20)24(31)21-5-1-2-6-22(21)27/h1-10,13,15-16H,11-12,14H2. The molecule has 0 N–H and O–H groups in total. The van der Waals surface area contributed by atoms with Gasteiger partial charge in [0.1, 0.15) is 11.6 Å². The smallest absolute Gasteiger partial charge is 0.257 e. The van der Waals surface area contributed by atoms with Gasteiger partial charge in [0.15, 0.2) is 4.96 Å². The molecule has 0 saturated heterocycles. The highest BCUT2D eigenvalue weighted by Crippen LogP contribution is 2.25. The predicted octanol–water partition coefficient (Wildman–Crippen LogP) is 6.33. The van der Waals surface area contributed by atoms with Gasteiger partial charge >= 0.3 is 0 Å². The van der Waals surface area contributed by atoms with Crippen molar-refractivity contribution in [3.63, 3.8) is 0 Å². The number of hydrogen-bond donors (Lipinski definition) is 0. The first-order valence-corrected chi connectivity index (χ1v) is 11.6. The number of rotatable bonds is 7. The van der Waals surface area contributed by atoms with E-state index >= 15 is 0 Å². The summed E-state index contributed by atoms with van der Waals surface area (Å²) in [4.78, 5) is 20.3. The van der Waals surface area contributed by atoms with E-state index in [9.17, 15) is 9.18 Å². The second kappa shape index (κ2) is 9.21. The highest BCUT2D eigenvalue weighted by molar-refractivity contribution is 7.15. The van der Waals surface area contributed by atoms with E-state index in [0.717, 1.165) is 21.9 Å². The number of aromatic nitrogens is 2. The number of fused-ring (bicyclic) bond motifs is 1. The fourth-order valence-electron chi connectivity index (χ4n) is 3.67. The van der Waals surface area contributed by atoms with E-state index < -0.39 is 5.82 Å². The van der Waals surface area contributed by atoms with Crippen LogP contribution in [0.5, 0.6) is 0 Å².